The van der Waals surface area contributed by atoms with E-state index in [2.05, 4.69) is 91.2 Å². The van der Waals surface area contributed by atoms with Gasteiger partial charge in [-0.1, -0.05) is 68.4 Å². The highest BCUT2D eigenvalue weighted by Gasteiger charge is 2.11. The third-order valence-electron chi connectivity index (χ3n) is 5.34. The van der Waals surface area contributed by atoms with Gasteiger partial charge in [0.25, 0.3) is 0 Å². The van der Waals surface area contributed by atoms with E-state index in [0.29, 0.717) is 12.5 Å². The van der Waals surface area contributed by atoms with Crippen molar-refractivity contribution < 1.29 is 4.74 Å². The maximum Gasteiger partial charge on any atom is 0.147 e. The molecular weight excluding hydrogens is 356 g/mol. The highest BCUT2D eigenvalue weighted by Crippen LogP contribution is 2.21. The van der Waals surface area contributed by atoms with Crippen molar-refractivity contribution in [2.45, 2.75) is 45.8 Å². The summed E-state index contributed by atoms with van der Waals surface area (Å²) in [6, 6.07) is 27.4. The quantitative estimate of drug-likeness (QED) is 0.353. The van der Waals surface area contributed by atoms with Crippen LogP contribution in [0.4, 0.5) is 0 Å². The Morgan fingerprint density at radius 3 is 2.34 bits per heavy atom. The zero-order valence-electron chi connectivity index (χ0n) is 17.2. The van der Waals surface area contributed by atoms with Crippen LogP contribution >= 0.6 is 0 Å². The third kappa shape index (κ3) is 4.68. The topological polar surface area (TPSA) is 27.1 Å². The fourth-order valence-corrected chi connectivity index (χ4v) is 3.67. The van der Waals surface area contributed by atoms with Crippen LogP contribution in [0.3, 0.4) is 0 Å². The molecule has 3 nitrogen and oxygen atoms in total. The zero-order valence-corrected chi connectivity index (χ0v) is 17.2. The van der Waals surface area contributed by atoms with Gasteiger partial charge in [-0.25, -0.2) is 4.98 Å². The summed E-state index contributed by atoms with van der Waals surface area (Å²) in [5, 5.41) is 0. The number of para-hydroxylation sites is 2. The van der Waals surface area contributed by atoms with Crippen molar-refractivity contribution in [3.8, 4) is 5.75 Å². The number of fused-ring (bicyclic) bond motifs is 1. The Morgan fingerprint density at radius 2 is 1.59 bits per heavy atom. The molecule has 1 aromatic heterocycles. The molecule has 4 aromatic rings. The van der Waals surface area contributed by atoms with Gasteiger partial charge in [-0.3, -0.25) is 0 Å². The van der Waals surface area contributed by atoms with Crippen LogP contribution in [0.15, 0.2) is 78.9 Å². The van der Waals surface area contributed by atoms with Crippen LogP contribution in [0.25, 0.3) is 11.0 Å². The van der Waals surface area contributed by atoms with Gasteiger partial charge in [0.1, 0.15) is 18.2 Å². The number of nitrogens with zero attached hydrogens (tertiary/aromatic N) is 2. The fourth-order valence-electron chi connectivity index (χ4n) is 3.67. The van der Waals surface area contributed by atoms with E-state index in [-0.39, 0.29) is 0 Å². The first kappa shape index (κ1) is 19.3. The van der Waals surface area contributed by atoms with Gasteiger partial charge in [0.2, 0.25) is 0 Å². The number of hydrogen-bond acceptors (Lipinski definition) is 2. The highest BCUT2D eigenvalue weighted by molar-refractivity contribution is 5.75. The monoisotopic (exact) mass is 384 g/mol. The lowest BCUT2D eigenvalue weighted by molar-refractivity contribution is 0.289. The summed E-state index contributed by atoms with van der Waals surface area (Å²) in [6.45, 7) is 5.81. The molecule has 1 heterocycles. The van der Waals surface area contributed by atoms with Gasteiger partial charge in [-0.05, 0) is 54.2 Å². The largest absolute Gasteiger partial charge is 0.486 e. The van der Waals surface area contributed by atoms with Crippen LogP contribution < -0.4 is 4.74 Å². The number of aryl methyl sites for hydroxylation is 2. The number of aromatic nitrogens is 2. The molecule has 0 N–H and O–H groups in total. The van der Waals surface area contributed by atoms with Crippen molar-refractivity contribution in [1.82, 2.24) is 9.55 Å². The molecule has 0 aliphatic rings. The van der Waals surface area contributed by atoms with Crippen molar-refractivity contribution in [2.24, 2.45) is 0 Å². The molecule has 0 saturated carbocycles. The smallest absolute Gasteiger partial charge is 0.147 e. The van der Waals surface area contributed by atoms with Gasteiger partial charge in [-0.2, -0.15) is 0 Å². The third-order valence-corrected chi connectivity index (χ3v) is 5.34. The molecule has 0 aliphatic carbocycles. The summed E-state index contributed by atoms with van der Waals surface area (Å²) < 4.78 is 8.38. The summed E-state index contributed by atoms with van der Waals surface area (Å²) in [5.41, 5.74) is 4.90. The summed E-state index contributed by atoms with van der Waals surface area (Å²) in [5.74, 6) is 2.39. The molecule has 0 unspecified atom stereocenters. The average molecular weight is 385 g/mol. The second-order valence-electron chi connectivity index (χ2n) is 7.77. The molecule has 0 fully saturated rings. The molecule has 148 valence electrons. The van der Waals surface area contributed by atoms with Gasteiger partial charge >= 0.3 is 0 Å². The van der Waals surface area contributed by atoms with Crippen molar-refractivity contribution >= 4 is 11.0 Å². The van der Waals surface area contributed by atoms with Gasteiger partial charge < -0.3 is 9.30 Å². The van der Waals surface area contributed by atoms with Crippen LogP contribution in [0, 0.1) is 0 Å². The molecular formula is C26H28N2O. The van der Waals surface area contributed by atoms with Crippen LogP contribution in [-0.4, -0.2) is 9.55 Å². The predicted octanol–water partition coefficient (Wildman–Crippen LogP) is 6.37. The maximum absolute atomic E-state index is 6.08. The van der Waals surface area contributed by atoms with E-state index in [1.165, 1.54) is 16.6 Å². The second kappa shape index (κ2) is 8.95. The SMILES string of the molecule is CC(C)c1ccc(OCc2nc3ccccc3n2CCCc2ccccc2)cc1. The molecule has 0 spiro atoms. The van der Waals surface area contributed by atoms with E-state index in [4.69, 9.17) is 9.72 Å². The molecule has 0 aliphatic heterocycles. The normalized spacial score (nSPS) is 11.3. The molecule has 4 rings (SSSR count). The average Bonchev–Trinajstić information content (AvgIpc) is 3.11. The first-order valence-electron chi connectivity index (χ1n) is 10.4. The minimum Gasteiger partial charge on any atom is -0.486 e. The standard InChI is InChI=1S/C26H28N2O/c1-20(2)22-14-16-23(17-15-22)29-19-26-27-24-12-6-7-13-25(24)28(26)18-8-11-21-9-4-3-5-10-21/h3-7,9-10,12-17,20H,8,11,18-19H2,1-2H3. The Kier molecular flexibility index (Phi) is 5.95. The first-order chi connectivity index (χ1) is 14.2. The Bertz CT molecular complexity index is 1050. The van der Waals surface area contributed by atoms with Gasteiger partial charge in [0, 0.05) is 6.54 Å². The minimum atomic E-state index is 0.473. The Balaban J connectivity index is 1.48. The number of hydrogen-bond donors (Lipinski definition) is 0. The molecule has 0 bridgehead atoms. The van der Waals surface area contributed by atoms with E-state index < -0.39 is 0 Å². The summed E-state index contributed by atoms with van der Waals surface area (Å²) in [4.78, 5) is 4.84. The van der Waals surface area contributed by atoms with E-state index in [0.717, 1.165) is 36.5 Å². The Hall–Kier alpha value is -3.07. The van der Waals surface area contributed by atoms with Crippen molar-refractivity contribution in [2.75, 3.05) is 0 Å². The zero-order chi connectivity index (χ0) is 20.1. The van der Waals surface area contributed by atoms with Crippen molar-refractivity contribution in [3.63, 3.8) is 0 Å². The van der Waals surface area contributed by atoms with Crippen LogP contribution in [0.1, 0.15) is 43.1 Å². The number of imidazole rings is 1. The Morgan fingerprint density at radius 1 is 0.862 bits per heavy atom. The highest BCUT2D eigenvalue weighted by atomic mass is 16.5. The fraction of sp³-hybridized carbons (Fsp3) is 0.269. The molecule has 3 heteroatoms. The molecule has 29 heavy (non-hydrogen) atoms. The van der Waals surface area contributed by atoms with Crippen molar-refractivity contribution in [1.29, 1.82) is 0 Å². The molecule has 0 amide bonds. The molecule has 3 aromatic carbocycles. The number of benzene rings is 3. The van der Waals surface area contributed by atoms with Crippen LogP contribution in [-0.2, 0) is 19.6 Å². The second-order valence-corrected chi connectivity index (χ2v) is 7.77. The lowest BCUT2D eigenvalue weighted by Crippen LogP contribution is -2.08. The van der Waals surface area contributed by atoms with Gasteiger partial charge in [0.15, 0.2) is 0 Å². The maximum atomic E-state index is 6.08. The minimum absolute atomic E-state index is 0.473. The lowest BCUT2D eigenvalue weighted by atomic mass is 10.0. The van der Waals surface area contributed by atoms with Crippen LogP contribution in [0.2, 0.25) is 0 Å². The first-order valence-corrected chi connectivity index (χ1v) is 10.4. The van der Waals surface area contributed by atoms with E-state index in [9.17, 15) is 0 Å². The van der Waals surface area contributed by atoms with E-state index >= 15 is 0 Å². The number of rotatable bonds is 8. The van der Waals surface area contributed by atoms with Crippen LogP contribution in [0.5, 0.6) is 5.75 Å². The van der Waals surface area contributed by atoms with Gasteiger partial charge in [-0.15, -0.1) is 0 Å². The lowest BCUT2D eigenvalue weighted by Gasteiger charge is -2.11. The Labute approximate surface area is 173 Å². The van der Waals surface area contributed by atoms with E-state index in [1.54, 1.807) is 0 Å². The summed E-state index contributed by atoms with van der Waals surface area (Å²) in [6.07, 6.45) is 2.13. The molecule has 0 saturated heterocycles. The van der Waals surface area contributed by atoms with E-state index in [1.807, 2.05) is 6.07 Å². The summed E-state index contributed by atoms with van der Waals surface area (Å²) >= 11 is 0. The molecule has 0 radical (unpaired) electrons. The molecule has 0 atom stereocenters. The van der Waals surface area contributed by atoms with Gasteiger partial charge in [0.05, 0.1) is 11.0 Å². The predicted molar refractivity (Wildman–Crippen MR) is 119 cm³/mol. The summed E-state index contributed by atoms with van der Waals surface area (Å²) in [7, 11) is 0. The van der Waals surface area contributed by atoms with Crippen molar-refractivity contribution in [3.05, 3.63) is 95.8 Å². The number of ether oxygens (including phenoxy) is 1.